The lowest BCUT2D eigenvalue weighted by Gasteiger charge is -2.24. The highest BCUT2D eigenvalue weighted by Crippen LogP contribution is 2.05. The van der Waals surface area contributed by atoms with Gasteiger partial charge in [-0.2, -0.15) is 0 Å². The molecule has 0 spiro atoms. The third-order valence-corrected chi connectivity index (χ3v) is 4.95. The minimum absolute atomic E-state index is 0.0486. The van der Waals surface area contributed by atoms with Gasteiger partial charge >= 0.3 is 11.9 Å². The standard InChI is InChI=1S/C22H32N4O7/c1-12(2)18(23)21(31)25-15(9-10-17(27)28)20(30)24-13(3)19(29)26-16(22(32)33)11-14-7-5-4-6-8-14/h4-8,12-13,15-16,18H,9-11,23H2,1-3H3,(H,24,30)(H,25,31)(H,26,29)(H,27,28)(H,32,33). The first-order valence-corrected chi connectivity index (χ1v) is 10.6. The predicted octanol–water partition coefficient (Wildman–Crippen LogP) is -0.364. The second kappa shape index (κ2) is 13.2. The van der Waals surface area contributed by atoms with Crippen LogP contribution in [-0.2, 0) is 30.4 Å². The highest BCUT2D eigenvalue weighted by molar-refractivity contribution is 5.94. The van der Waals surface area contributed by atoms with Crippen LogP contribution in [0.4, 0.5) is 0 Å². The summed E-state index contributed by atoms with van der Waals surface area (Å²) < 4.78 is 0. The van der Waals surface area contributed by atoms with Gasteiger partial charge in [-0.25, -0.2) is 4.79 Å². The molecule has 182 valence electrons. The molecule has 0 aliphatic rings. The van der Waals surface area contributed by atoms with Crippen LogP contribution in [0.25, 0.3) is 0 Å². The fourth-order valence-electron chi connectivity index (χ4n) is 2.83. The third-order valence-electron chi connectivity index (χ3n) is 4.95. The molecule has 0 radical (unpaired) electrons. The molecule has 3 amide bonds. The first-order valence-electron chi connectivity index (χ1n) is 10.6. The molecule has 0 saturated carbocycles. The molecule has 11 heteroatoms. The zero-order valence-corrected chi connectivity index (χ0v) is 18.9. The quantitative estimate of drug-likeness (QED) is 0.228. The monoisotopic (exact) mass is 464 g/mol. The van der Waals surface area contributed by atoms with E-state index in [2.05, 4.69) is 16.0 Å². The Kier molecular flexibility index (Phi) is 11.0. The van der Waals surface area contributed by atoms with Gasteiger partial charge in [-0.15, -0.1) is 0 Å². The van der Waals surface area contributed by atoms with E-state index in [1.165, 1.54) is 6.92 Å². The number of carbonyl (C=O) groups is 5. The van der Waals surface area contributed by atoms with Crippen molar-refractivity contribution in [3.63, 3.8) is 0 Å². The number of nitrogens with one attached hydrogen (secondary N) is 3. The molecule has 0 aliphatic carbocycles. The molecule has 4 unspecified atom stereocenters. The van der Waals surface area contributed by atoms with Crippen molar-refractivity contribution in [1.29, 1.82) is 0 Å². The van der Waals surface area contributed by atoms with Crippen LogP contribution in [0.5, 0.6) is 0 Å². The van der Waals surface area contributed by atoms with E-state index in [1.807, 2.05) is 0 Å². The largest absolute Gasteiger partial charge is 0.481 e. The van der Waals surface area contributed by atoms with E-state index in [-0.39, 0.29) is 18.8 Å². The fraction of sp³-hybridized carbons (Fsp3) is 0.500. The molecule has 0 aromatic heterocycles. The maximum Gasteiger partial charge on any atom is 0.326 e. The van der Waals surface area contributed by atoms with Crippen molar-refractivity contribution in [2.24, 2.45) is 11.7 Å². The van der Waals surface area contributed by atoms with E-state index in [0.29, 0.717) is 5.56 Å². The second-order valence-electron chi connectivity index (χ2n) is 8.08. The Hall–Kier alpha value is -3.47. The number of hydrogen-bond donors (Lipinski definition) is 6. The Morgan fingerprint density at radius 2 is 1.42 bits per heavy atom. The molecular formula is C22H32N4O7. The number of nitrogens with two attached hydrogens (primary N) is 1. The maximum absolute atomic E-state index is 12.7. The molecule has 0 fully saturated rings. The van der Waals surface area contributed by atoms with Gasteiger partial charge in [-0.3, -0.25) is 19.2 Å². The molecular weight excluding hydrogens is 432 g/mol. The van der Waals surface area contributed by atoms with Crippen LogP contribution in [0.15, 0.2) is 30.3 Å². The van der Waals surface area contributed by atoms with Crippen molar-refractivity contribution in [2.75, 3.05) is 0 Å². The lowest BCUT2D eigenvalue weighted by molar-refractivity contribution is -0.142. The smallest absolute Gasteiger partial charge is 0.326 e. The molecule has 1 rings (SSSR count). The molecule has 7 N–H and O–H groups in total. The van der Waals surface area contributed by atoms with Crippen molar-refractivity contribution in [3.8, 4) is 0 Å². The normalized spacial score (nSPS) is 14.5. The Morgan fingerprint density at radius 1 is 0.848 bits per heavy atom. The van der Waals surface area contributed by atoms with Crippen LogP contribution in [0.3, 0.4) is 0 Å². The van der Waals surface area contributed by atoms with Crippen LogP contribution in [-0.4, -0.2) is 64.0 Å². The van der Waals surface area contributed by atoms with Crippen molar-refractivity contribution in [3.05, 3.63) is 35.9 Å². The average Bonchev–Trinajstić information content (AvgIpc) is 2.75. The number of carboxylic acid groups (broad SMARTS) is 2. The van der Waals surface area contributed by atoms with Gasteiger partial charge in [-0.1, -0.05) is 44.2 Å². The molecule has 11 nitrogen and oxygen atoms in total. The van der Waals surface area contributed by atoms with Gasteiger partial charge in [-0.05, 0) is 24.8 Å². The van der Waals surface area contributed by atoms with Gasteiger partial charge in [0, 0.05) is 12.8 Å². The number of carbonyl (C=O) groups excluding carboxylic acids is 3. The Labute approximate surface area is 192 Å². The first kappa shape index (κ1) is 27.6. The van der Waals surface area contributed by atoms with Crippen molar-refractivity contribution in [1.82, 2.24) is 16.0 Å². The summed E-state index contributed by atoms with van der Waals surface area (Å²) in [5.74, 6) is -4.75. The molecule has 1 aromatic rings. The highest BCUT2D eigenvalue weighted by Gasteiger charge is 2.29. The zero-order chi connectivity index (χ0) is 25.1. The Morgan fingerprint density at radius 3 is 1.94 bits per heavy atom. The summed E-state index contributed by atoms with van der Waals surface area (Å²) in [7, 11) is 0. The van der Waals surface area contributed by atoms with Crippen LogP contribution in [0.2, 0.25) is 0 Å². The predicted molar refractivity (Wildman–Crippen MR) is 119 cm³/mol. The summed E-state index contributed by atoms with van der Waals surface area (Å²) in [5, 5.41) is 25.6. The summed E-state index contributed by atoms with van der Waals surface area (Å²) in [6, 6.07) is 4.24. The molecule has 0 saturated heterocycles. The van der Waals surface area contributed by atoms with Gasteiger partial charge in [0.05, 0.1) is 6.04 Å². The molecule has 0 aliphatic heterocycles. The SMILES string of the molecule is CC(NC(=O)C(CCC(=O)O)NC(=O)C(N)C(C)C)C(=O)NC(Cc1ccccc1)C(=O)O. The minimum Gasteiger partial charge on any atom is -0.481 e. The topological polar surface area (TPSA) is 188 Å². The summed E-state index contributed by atoms with van der Waals surface area (Å²) in [6.07, 6.45) is -0.557. The number of hydrogen-bond acceptors (Lipinski definition) is 6. The van der Waals surface area contributed by atoms with Crippen LogP contribution < -0.4 is 21.7 Å². The number of benzene rings is 1. The average molecular weight is 465 g/mol. The lowest BCUT2D eigenvalue weighted by atomic mass is 10.0. The van der Waals surface area contributed by atoms with E-state index in [1.54, 1.807) is 44.2 Å². The summed E-state index contributed by atoms with van der Waals surface area (Å²) in [4.78, 5) is 59.9. The highest BCUT2D eigenvalue weighted by atomic mass is 16.4. The van der Waals surface area contributed by atoms with Crippen LogP contribution in [0, 0.1) is 5.92 Å². The van der Waals surface area contributed by atoms with Crippen LogP contribution >= 0.6 is 0 Å². The number of amides is 3. The van der Waals surface area contributed by atoms with Gasteiger partial charge in [0.15, 0.2) is 0 Å². The Bertz CT molecular complexity index is 844. The van der Waals surface area contributed by atoms with E-state index in [4.69, 9.17) is 10.8 Å². The van der Waals surface area contributed by atoms with E-state index < -0.39 is 60.2 Å². The van der Waals surface area contributed by atoms with E-state index in [9.17, 15) is 29.1 Å². The number of rotatable bonds is 13. The van der Waals surface area contributed by atoms with Crippen molar-refractivity contribution in [2.45, 2.75) is 64.2 Å². The number of carboxylic acids is 2. The van der Waals surface area contributed by atoms with Crippen molar-refractivity contribution >= 4 is 29.7 Å². The Balaban J connectivity index is 2.81. The summed E-state index contributed by atoms with van der Waals surface area (Å²) in [6.45, 7) is 4.79. The van der Waals surface area contributed by atoms with Crippen molar-refractivity contribution < 1.29 is 34.2 Å². The van der Waals surface area contributed by atoms with E-state index >= 15 is 0 Å². The second-order valence-corrected chi connectivity index (χ2v) is 8.08. The molecule has 1 aromatic carbocycles. The van der Waals surface area contributed by atoms with Gasteiger partial charge in [0.1, 0.15) is 18.1 Å². The molecule has 4 atom stereocenters. The summed E-state index contributed by atoms with van der Waals surface area (Å²) >= 11 is 0. The van der Waals surface area contributed by atoms with Gasteiger partial charge in [0.2, 0.25) is 17.7 Å². The van der Waals surface area contributed by atoms with Gasteiger partial charge in [0.25, 0.3) is 0 Å². The van der Waals surface area contributed by atoms with E-state index in [0.717, 1.165) is 0 Å². The maximum atomic E-state index is 12.7. The molecule has 0 bridgehead atoms. The molecule has 0 heterocycles. The van der Waals surface area contributed by atoms with Gasteiger partial charge < -0.3 is 31.9 Å². The lowest BCUT2D eigenvalue weighted by Crippen LogP contribution is -2.57. The zero-order valence-electron chi connectivity index (χ0n) is 18.9. The fourth-order valence-corrected chi connectivity index (χ4v) is 2.83. The number of aliphatic carboxylic acids is 2. The van der Waals surface area contributed by atoms with Crippen LogP contribution in [0.1, 0.15) is 39.2 Å². The third kappa shape index (κ3) is 9.69. The summed E-state index contributed by atoms with van der Waals surface area (Å²) in [5.41, 5.74) is 6.49. The molecule has 33 heavy (non-hydrogen) atoms. The first-order chi connectivity index (χ1) is 15.4. The minimum atomic E-state index is -1.24.